The van der Waals surface area contributed by atoms with Crippen LogP contribution in [0, 0.1) is 5.92 Å². The summed E-state index contributed by atoms with van der Waals surface area (Å²) in [4.78, 5) is 16.8. The van der Waals surface area contributed by atoms with E-state index in [9.17, 15) is 4.79 Å². The van der Waals surface area contributed by atoms with Crippen molar-refractivity contribution in [1.29, 1.82) is 0 Å². The van der Waals surface area contributed by atoms with Crippen molar-refractivity contribution in [1.82, 2.24) is 10.3 Å². The number of nitrogens with two attached hydrogens (primary N) is 1. The lowest BCUT2D eigenvalue weighted by molar-refractivity contribution is -0.124. The zero-order chi connectivity index (χ0) is 12.7. The van der Waals surface area contributed by atoms with Crippen molar-refractivity contribution in [3.8, 4) is 0 Å². The van der Waals surface area contributed by atoms with Crippen LogP contribution in [-0.2, 0) is 11.3 Å². The molecule has 5 heteroatoms. The van der Waals surface area contributed by atoms with E-state index in [-0.39, 0.29) is 17.9 Å². The highest BCUT2D eigenvalue weighted by molar-refractivity contribution is 7.09. The summed E-state index contributed by atoms with van der Waals surface area (Å²) in [6.45, 7) is 4.54. The summed E-state index contributed by atoms with van der Waals surface area (Å²) in [6, 6.07) is 0.224. The van der Waals surface area contributed by atoms with Crippen molar-refractivity contribution in [3.05, 3.63) is 16.6 Å². The maximum absolute atomic E-state index is 11.8. The number of nitrogens with zero attached hydrogens (tertiary/aromatic N) is 1. The minimum atomic E-state index is 0.0571. The molecular formula is C12H21N3OS. The molecular weight excluding hydrogens is 234 g/mol. The third-order valence-electron chi connectivity index (χ3n) is 2.66. The lowest BCUT2D eigenvalue weighted by Gasteiger charge is -2.12. The van der Waals surface area contributed by atoms with Crippen molar-refractivity contribution >= 4 is 17.2 Å². The first-order valence-electron chi connectivity index (χ1n) is 6.00. The van der Waals surface area contributed by atoms with Crippen LogP contribution in [-0.4, -0.2) is 16.9 Å². The molecule has 2 unspecified atom stereocenters. The molecule has 1 amide bonds. The fourth-order valence-electron chi connectivity index (χ4n) is 1.55. The molecule has 0 aliphatic heterocycles. The van der Waals surface area contributed by atoms with Crippen molar-refractivity contribution in [2.24, 2.45) is 11.7 Å². The summed E-state index contributed by atoms with van der Waals surface area (Å²) in [7, 11) is 0. The number of thiazole rings is 1. The standard InChI is InChI=1S/C12H21N3OS/c1-9(4-3-5-10(2)13)12(16)15-7-11-6-14-8-17-11/h6,8-10H,3-5,7,13H2,1-2H3,(H,15,16). The van der Waals surface area contributed by atoms with Crippen molar-refractivity contribution in [2.45, 2.75) is 45.7 Å². The van der Waals surface area contributed by atoms with Crippen LogP contribution in [0.25, 0.3) is 0 Å². The third kappa shape index (κ3) is 5.79. The average Bonchev–Trinajstić information content (AvgIpc) is 2.78. The van der Waals surface area contributed by atoms with E-state index in [2.05, 4.69) is 10.3 Å². The van der Waals surface area contributed by atoms with Gasteiger partial charge in [0.25, 0.3) is 0 Å². The van der Waals surface area contributed by atoms with Gasteiger partial charge in [0, 0.05) is 23.0 Å². The van der Waals surface area contributed by atoms with Gasteiger partial charge in [-0.2, -0.15) is 0 Å². The lowest BCUT2D eigenvalue weighted by atomic mass is 10.0. The minimum Gasteiger partial charge on any atom is -0.351 e. The monoisotopic (exact) mass is 255 g/mol. The SMILES string of the molecule is CC(N)CCCC(C)C(=O)NCc1cncs1. The maximum Gasteiger partial charge on any atom is 0.223 e. The van der Waals surface area contributed by atoms with Gasteiger partial charge in [-0.3, -0.25) is 9.78 Å². The van der Waals surface area contributed by atoms with Gasteiger partial charge in [-0.05, 0) is 19.8 Å². The van der Waals surface area contributed by atoms with Gasteiger partial charge in [-0.25, -0.2) is 0 Å². The number of hydrogen-bond acceptors (Lipinski definition) is 4. The van der Waals surface area contributed by atoms with E-state index in [1.807, 2.05) is 13.8 Å². The molecule has 0 bridgehead atoms. The first-order chi connectivity index (χ1) is 8.09. The number of amides is 1. The van der Waals surface area contributed by atoms with Gasteiger partial charge in [0.15, 0.2) is 0 Å². The molecule has 1 aromatic heterocycles. The van der Waals surface area contributed by atoms with Crippen LogP contribution in [0.4, 0.5) is 0 Å². The summed E-state index contributed by atoms with van der Waals surface area (Å²) in [6.07, 6.45) is 4.67. The Labute approximate surface area is 107 Å². The van der Waals surface area contributed by atoms with Crippen molar-refractivity contribution in [3.63, 3.8) is 0 Å². The first kappa shape index (κ1) is 14.1. The van der Waals surface area contributed by atoms with Gasteiger partial charge in [-0.1, -0.05) is 13.3 Å². The molecule has 17 heavy (non-hydrogen) atoms. The molecule has 1 aromatic rings. The molecule has 0 fully saturated rings. The van der Waals surface area contributed by atoms with E-state index < -0.39 is 0 Å². The van der Waals surface area contributed by atoms with Gasteiger partial charge in [0.05, 0.1) is 12.1 Å². The van der Waals surface area contributed by atoms with Crippen LogP contribution in [0.3, 0.4) is 0 Å². The Morgan fingerprint density at radius 3 is 2.88 bits per heavy atom. The van der Waals surface area contributed by atoms with Crippen LogP contribution in [0.2, 0.25) is 0 Å². The zero-order valence-corrected chi connectivity index (χ0v) is 11.3. The molecule has 0 radical (unpaired) electrons. The lowest BCUT2D eigenvalue weighted by Crippen LogP contribution is -2.28. The van der Waals surface area contributed by atoms with Crippen LogP contribution >= 0.6 is 11.3 Å². The third-order valence-corrected chi connectivity index (χ3v) is 3.44. The van der Waals surface area contributed by atoms with Crippen molar-refractivity contribution in [2.75, 3.05) is 0 Å². The molecule has 0 spiro atoms. The Morgan fingerprint density at radius 1 is 1.53 bits per heavy atom. The highest BCUT2D eigenvalue weighted by Crippen LogP contribution is 2.10. The first-order valence-corrected chi connectivity index (χ1v) is 6.88. The Balaban J connectivity index is 2.18. The van der Waals surface area contributed by atoms with Crippen LogP contribution < -0.4 is 11.1 Å². The summed E-state index contributed by atoms with van der Waals surface area (Å²) in [5, 5.41) is 2.92. The van der Waals surface area contributed by atoms with Crippen molar-refractivity contribution < 1.29 is 4.79 Å². The summed E-state index contributed by atoms with van der Waals surface area (Å²) in [5.41, 5.74) is 7.44. The molecule has 0 saturated carbocycles. The molecule has 96 valence electrons. The molecule has 1 heterocycles. The predicted octanol–water partition coefficient (Wildman–Crippen LogP) is 1.91. The van der Waals surface area contributed by atoms with Crippen LogP contribution in [0.1, 0.15) is 38.0 Å². The normalized spacial score (nSPS) is 14.3. The summed E-state index contributed by atoms with van der Waals surface area (Å²) >= 11 is 1.56. The predicted molar refractivity (Wildman–Crippen MR) is 70.6 cm³/mol. The second kappa shape index (κ2) is 7.40. The largest absolute Gasteiger partial charge is 0.351 e. The zero-order valence-electron chi connectivity index (χ0n) is 10.5. The van der Waals surface area contributed by atoms with E-state index in [0.717, 1.165) is 24.1 Å². The van der Waals surface area contributed by atoms with Gasteiger partial charge >= 0.3 is 0 Å². The van der Waals surface area contributed by atoms with E-state index in [1.165, 1.54) is 0 Å². The van der Waals surface area contributed by atoms with E-state index in [1.54, 1.807) is 23.0 Å². The van der Waals surface area contributed by atoms with Crippen LogP contribution in [0.15, 0.2) is 11.7 Å². The molecule has 3 N–H and O–H groups in total. The Bertz CT molecular complexity index is 325. The topological polar surface area (TPSA) is 68.0 Å². The van der Waals surface area contributed by atoms with E-state index >= 15 is 0 Å². The summed E-state index contributed by atoms with van der Waals surface area (Å²) in [5.74, 6) is 0.171. The maximum atomic E-state index is 11.8. The number of aromatic nitrogens is 1. The molecule has 2 atom stereocenters. The molecule has 4 nitrogen and oxygen atoms in total. The number of carbonyl (C=O) groups is 1. The van der Waals surface area contributed by atoms with Gasteiger partial charge < -0.3 is 11.1 Å². The van der Waals surface area contributed by atoms with Gasteiger partial charge in [-0.15, -0.1) is 11.3 Å². The number of rotatable bonds is 7. The molecule has 0 aliphatic rings. The average molecular weight is 255 g/mol. The Morgan fingerprint density at radius 2 is 2.29 bits per heavy atom. The number of nitrogens with one attached hydrogen (secondary N) is 1. The van der Waals surface area contributed by atoms with E-state index in [0.29, 0.717) is 6.54 Å². The highest BCUT2D eigenvalue weighted by Gasteiger charge is 2.12. The van der Waals surface area contributed by atoms with Gasteiger partial charge in [0.1, 0.15) is 0 Å². The second-order valence-corrected chi connectivity index (χ2v) is 5.47. The minimum absolute atomic E-state index is 0.0571. The van der Waals surface area contributed by atoms with E-state index in [4.69, 9.17) is 5.73 Å². The fourth-order valence-corrected chi connectivity index (χ4v) is 2.09. The van der Waals surface area contributed by atoms with Gasteiger partial charge in [0.2, 0.25) is 5.91 Å². The molecule has 0 aliphatic carbocycles. The van der Waals surface area contributed by atoms with Crippen LogP contribution in [0.5, 0.6) is 0 Å². The summed E-state index contributed by atoms with van der Waals surface area (Å²) < 4.78 is 0. The second-order valence-electron chi connectivity index (χ2n) is 4.49. The Kier molecular flexibility index (Phi) is 6.15. The fraction of sp³-hybridized carbons (Fsp3) is 0.667. The highest BCUT2D eigenvalue weighted by atomic mass is 32.1. The number of carbonyl (C=O) groups excluding carboxylic acids is 1. The smallest absolute Gasteiger partial charge is 0.223 e. The molecule has 0 saturated heterocycles. The molecule has 0 aromatic carbocycles. The Hall–Kier alpha value is -0.940. The number of hydrogen-bond donors (Lipinski definition) is 2. The molecule has 1 rings (SSSR count). The quantitative estimate of drug-likeness (QED) is 0.782.